The summed E-state index contributed by atoms with van der Waals surface area (Å²) in [6.07, 6.45) is 0. The van der Waals surface area contributed by atoms with E-state index in [1.807, 2.05) is 31.3 Å². The monoisotopic (exact) mass is 249 g/mol. The zero-order valence-electron chi connectivity index (χ0n) is 9.53. The molecule has 0 spiro atoms. The highest BCUT2D eigenvalue weighted by Crippen LogP contribution is 2.16. The van der Waals surface area contributed by atoms with E-state index in [9.17, 15) is 0 Å². The Morgan fingerprint density at radius 3 is 2.24 bits per heavy atom. The van der Waals surface area contributed by atoms with E-state index in [-0.39, 0.29) is 5.28 Å². The average molecular weight is 250 g/mol. The second-order valence-corrected chi connectivity index (χ2v) is 3.77. The predicted molar refractivity (Wildman–Crippen MR) is 68.8 cm³/mol. The molecule has 2 rings (SSSR count). The van der Waals surface area contributed by atoms with E-state index in [4.69, 9.17) is 11.6 Å². The van der Waals surface area contributed by atoms with Gasteiger partial charge in [-0.15, -0.1) is 0 Å². The summed E-state index contributed by atoms with van der Waals surface area (Å²) >= 11 is 5.75. The topological polar surface area (TPSA) is 62.7 Å². The minimum atomic E-state index is 0.187. The quantitative estimate of drug-likeness (QED) is 0.876. The molecular formula is C11H12ClN5. The summed E-state index contributed by atoms with van der Waals surface area (Å²) in [4.78, 5) is 12.0. The summed E-state index contributed by atoms with van der Waals surface area (Å²) < 4.78 is 0. The molecule has 0 saturated heterocycles. The van der Waals surface area contributed by atoms with Crippen LogP contribution < -0.4 is 10.6 Å². The van der Waals surface area contributed by atoms with Gasteiger partial charge in [0.15, 0.2) is 0 Å². The van der Waals surface area contributed by atoms with Gasteiger partial charge in [-0.25, -0.2) is 4.98 Å². The van der Waals surface area contributed by atoms with E-state index in [1.54, 1.807) is 6.92 Å². The lowest BCUT2D eigenvalue weighted by molar-refractivity contribution is 0.983. The van der Waals surface area contributed by atoms with Crippen molar-refractivity contribution in [2.45, 2.75) is 6.92 Å². The fraction of sp³-hybridized carbons (Fsp3) is 0.182. The number of anilines is 3. The van der Waals surface area contributed by atoms with Gasteiger partial charge in [-0.1, -0.05) is 0 Å². The van der Waals surface area contributed by atoms with Gasteiger partial charge in [0.2, 0.25) is 11.2 Å². The first-order valence-electron chi connectivity index (χ1n) is 5.10. The molecule has 0 unspecified atom stereocenters. The SMILES string of the molecule is CNc1ccc(Nc2nc(C)nc(Cl)n2)cc1. The van der Waals surface area contributed by atoms with E-state index in [1.165, 1.54) is 0 Å². The van der Waals surface area contributed by atoms with Crippen LogP contribution in [-0.2, 0) is 0 Å². The van der Waals surface area contributed by atoms with Gasteiger partial charge in [0.1, 0.15) is 5.82 Å². The second-order valence-electron chi connectivity index (χ2n) is 3.43. The van der Waals surface area contributed by atoms with Crippen molar-refractivity contribution < 1.29 is 0 Å². The Hall–Kier alpha value is -1.88. The number of benzene rings is 1. The minimum Gasteiger partial charge on any atom is -0.388 e. The highest BCUT2D eigenvalue weighted by molar-refractivity contribution is 6.28. The lowest BCUT2D eigenvalue weighted by Crippen LogP contribution is -2.01. The standard InChI is InChI=1S/C11H12ClN5/c1-7-14-10(12)17-11(15-7)16-9-5-3-8(13-2)4-6-9/h3-6,13H,1-2H3,(H,14,15,16,17). The number of halogens is 1. The third kappa shape index (κ3) is 3.04. The lowest BCUT2D eigenvalue weighted by Gasteiger charge is -2.06. The number of hydrogen-bond donors (Lipinski definition) is 2. The summed E-state index contributed by atoms with van der Waals surface area (Å²) in [6.45, 7) is 1.77. The molecule has 1 aromatic carbocycles. The molecule has 0 bridgehead atoms. The molecule has 1 heterocycles. The van der Waals surface area contributed by atoms with Crippen LogP contribution in [0.4, 0.5) is 17.3 Å². The van der Waals surface area contributed by atoms with Gasteiger partial charge >= 0.3 is 0 Å². The Kier molecular flexibility index (Phi) is 3.39. The normalized spacial score (nSPS) is 10.1. The third-order valence-corrected chi connectivity index (χ3v) is 2.32. The highest BCUT2D eigenvalue weighted by atomic mass is 35.5. The molecule has 2 aromatic rings. The Balaban J connectivity index is 2.19. The molecular weight excluding hydrogens is 238 g/mol. The molecule has 1 aromatic heterocycles. The first-order valence-corrected chi connectivity index (χ1v) is 5.48. The Morgan fingerprint density at radius 1 is 1.00 bits per heavy atom. The van der Waals surface area contributed by atoms with E-state index in [0.29, 0.717) is 11.8 Å². The number of rotatable bonds is 3. The molecule has 88 valence electrons. The first-order chi connectivity index (χ1) is 8.17. The molecule has 0 radical (unpaired) electrons. The molecule has 0 atom stereocenters. The van der Waals surface area contributed by atoms with Gasteiger partial charge in [0.05, 0.1) is 0 Å². The Bertz CT molecular complexity index is 492. The van der Waals surface area contributed by atoms with E-state index >= 15 is 0 Å². The first kappa shape index (κ1) is 11.6. The summed E-state index contributed by atoms with van der Waals surface area (Å²) in [5, 5.41) is 6.30. The maximum Gasteiger partial charge on any atom is 0.231 e. The summed E-state index contributed by atoms with van der Waals surface area (Å²) in [5.74, 6) is 1.03. The number of aromatic nitrogens is 3. The smallest absolute Gasteiger partial charge is 0.231 e. The third-order valence-electron chi connectivity index (χ3n) is 2.15. The molecule has 6 heteroatoms. The van der Waals surface area contributed by atoms with Gasteiger partial charge in [-0.3, -0.25) is 0 Å². The Labute approximate surface area is 104 Å². The van der Waals surface area contributed by atoms with Crippen LogP contribution in [0.3, 0.4) is 0 Å². The molecule has 17 heavy (non-hydrogen) atoms. The van der Waals surface area contributed by atoms with Gasteiger partial charge in [-0.05, 0) is 42.8 Å². The van der Waals surface area contributed by atoms with Crippen LogP contribution in [0, 0.1) is 6.92 Å². The van der Waals surface area contributed by atoms with Crippen LogP contribution in [0.5, 0.6) is 0 Å². The van der Waals surface area contributed by atoms with Crippen molar-refractivity contribution in [3.8, 4) is 0 Å². The molecule has 0 fully saturated rings. The number of hydrogen-bond acceptors (Lipinski definition) is 5. The molecule has 2 N–H and O–H groups in total. The summed E-state index contributed by atoms with van der Waals surface area (Å²) in [6, 6.07) is 7.77. The molecule has 0 aliphatic heterocycles. The van der Waals surface area contributed by atoms with Crippen LogP contribution in [0.2, 0.25) is 5.28 Å². The fourth-order valence-corrected chi connectivity index (χ4v) is 1.56. The molecule has 0 aliphatic carbocycles. The number of nitrogens with one attached hydrogen (secondary N) is 2. The van der Waals surface area contributed by atoms with Gasteiger partial charge < -0.3 is 10.6 Å². The van der Waals surface area contributed by atoms with Crippen LogP contribution in [0.1, 0.15) is 5.82 Å². The largest absolute Gasteiger partial charge is 0.388 e. The minimum absolute atomic E-state index is 0.187. The molecule has 0 saturated carbocycles. The summed E-state index contributed by atoms with van der Waals surface area (Å²) in [7, 11) is 1.87. The van der Waals surface area contributed by atoms with Crippen molar-refractivity contribution in [2.75, 3.05) is 17.7 Å². The van der Waals surface area contributed by atoms with Crippen LogP contribution in [0.25, 0.3) is 0 Å². The van der Waals surface area contributed by atoms with Crippen molar-refractivity contribution in [1.29, 1.82) is 0 Å². The summed E-state index contributed by atoms with van der Waals surface area (Å²) in [5.41, 5.74) is 1.94. The van der Waals surface area contributed by atoms with Gasteiger partial charge in [0, 0.05) is 18.4 Å². The van der Waals surface area contributed by atoms with Crippen molar-refractivity contribution in [1.82, 2.24) is 15.0 Å². The van der Waals surface area contributed by atoms with Crippen LogP contribution in [-0.4, -0.2) is 22.0 Å². The predicted octanol–water partition coefficient (Wildman–Crippen LogP) is 2.62. The average Bonchev–Trinajstić information content (AvgIpc) is 2.28. The molecule has 0 amide bonds. The molecule has 5 nitrogen and oxygen atoms in total. The van der Waals surface area contributed by atoms with Gasteiger partial charge in [-0.2, -0.15) is 9.97 Å². The number of aryl methyl sites for hydroxylation is 1. The zero-order valence-corrected chi connectivity index (χ0v) is 10.3. The molecule has 0 aliphatic rings. The van der Waals surface area contributed by atoms with Crippen molar-refractivity contribution >= 4 is 28.9 Å². The zero-order chi connectivity index (χ0) is 12.3. The van der Waals surface area contributed by atoms with Crippen molar-refractivity contribution in [3.63, 3.8) is 0 Å². The fourth-order valence-electron chi connectivity index (χ4n) is 1.35. The number of nitrogens with zero attached hydrogens (tertiary/aromatic N) is 3. The van der Waals surface area contributed by atoms with Crippen molar-refractivity contribution in [2.24, 2.45) is 0 Å². The van der Waals surface area contributed by atoms with Crippen LogP contribution >= 0.6 is 11.6 Å². The highest BCUT2D eigenvalue weighted by Gasteiger charge is 2.02. The maximum atomic E-state index is 5.75. The van der Waals surface area contributed by atoms with E-state index < -0.39 is 0 Å². The van der Waals surface area contributed by atoms with E-state index in [2.05, 4.69) is 25.6 Å². The lowest BCUT2D eigenvalue weighted by atomic mass is 10.3. The Morgan fingerprint density at radius 2 is 1.65 bits per heavy atom. The maximum absolute atomic E-state index is 5.75. The van der Waals surface area contributed by atoms with Crippen LogP contribution in [0.15, 0.2) is 24.3 Å². The van der Waals surface area contributed by atoms with E-state index in [0.717, 1.165) is 11.4 Å². The second kappa shape index (κ2) is 4.97. The van der Waals surface area contributed by atoms with Gasteiger partial charge in [0.25, 0.3) is 0 Å². The van der Waals surface area contributed by atoms with Crippen molar-refractivity contribution in [3.05, 3.63) is 35.4 Å².